The fourth-order valence-electron chi connectivity index (χ4n) is 1.37. The fourth-order valence-corrected chi connectivity index (χ4v) is 1.37. The number of aryl methyl sites for hydroxylation is 1. The third-order valence-corrected chi connectivity index (χ3v) is 2.28. The molecule has 6 nitrogen and oxygen atoms in total. The van der Waals surface area contributed by atoms with Gasteiger partial charge in [-0.05, 0) is 5.92 Å². The van der Waals surface area contributed by atoms with Crippen LogP contribution in [0.1, 0.15) is 37.2 Å². The van der Waals surface area contributed by atoms with Gasteiger partial charge in [-0.2, -0.15) is 4.98 Å². The molecule has 0 saturated heterocycles. The van der Waals surface area contributed by atoms with Gasteiger partial charge in [-0.1, -0.05) is 19.0 Å². The molecule has 90 valence electrons. The molecular formula is C11H15N5O. The summed E-state index contributed by atoms with van der Waals surface area (Å²) < 4.78 is 4.88. The Morgan fingerprint density at radius 2 is 2.18 bits per heavy atom. The highest BCUT2D eigenvalue weighted by molar-refractivity contribution is 5.35. The molecule has 0 aliphatic carbocycles. The summed E-state index contributed by atoms with van der Waals surface area (Å²) in [4.78, 5) is 12.4. The Morgan fingerprint density at radius 3 is 2.82 bits per heavy atom. The molecule has 0 aromatic carbocycles. The van der Waals surface area contributed by atoms with Gasteiger partial charge >= 0.3 is 0 Å². The molecule has 17 heavy (non-hydrogen) atoms. The van der Waals surface area contributed by atoms with E-state index in [2.05, 4.69) is 39.3 Å². The molecule has 0 radical (unpaired) electrons. The fraction of sp³-hybridized carbons (Fsp3) is 0.455. The van der Waals surface area contributed by atoms with Gasteiger partial charge in [0, 0.05) is 18.7 Å². The summed E-state index contributed by atoms with van der Waals surface area (Å²) in [7, 11) is 0. The number of rotatable bonds is 4. The van der Waals surface area contributed by atoms with Crippen LogP contribution in [0.3, 0.4) is 0 Å². The van der Waals surface area contributed by atoms with E-state index in [0.29, 0.717) is 24.2 Å². The van der Waals surface area contributed by atoms with Crippen LogP contribution in [0.25, 0.3) is 0 Å². The Morgan fingerprint density at radius 1 is 1.35 bits per heavy atom. The molecule has 0 amide bonds. The molecule has 0 bridgehead atoms. The number of nitrogens with zero attached hydrogens (tertiary/aromatic N) is 4. The summed E-state index contributed by atoms with van der Waals surface area (Å²) in [6, 6.07) is 1.93. The lowest BCUT2D eigenvalue weighted by atomic mass is 10.1. The van der Waals surface area contributed by atoms with Crippen molar-refractivity contribution < 1.29 is 4.52 Å². The summed E-state index contributed by atoms with van der Waals surface area (Å²) in [6.45, 7) is 6.44. The number of aromatic nitrogens is 4. The van der Waals surface area contributed by atoms with E-state index in [1.807, 2.05) is 6.07 Å². The average molecular weight is 233 g/mol. The summed E-state index contributed by atoms with van der Waals surface area (Å²) in [5.41, 5.74) is 1.01. The van der Waals surface area contributed by atoms with Crippen molar-refractivity contribution in [3.05, 3.63) is 29.8 Å². The maximum Gasteiger partial charge on any atom is 0.223 e. The molecule has 0 aliphatic rings. The van der Waals surface area contributed by atoms with Crippen molar-refractivity contribution in [2.75, 3.05) is 5.32 Å². The third kappa shape index (κ3) is 2.99. The maximum absolute atomic E-state index is 4.88. The highest BCUT2D eigenvalue weighted by atomic mass is 16.5. The van der Waals surface area contributed by atoms with Crippen molar-refractivity contribution in [2.24, 2.45) is 0 Å². The minimum Gasteiger partial charge on any atom is -0.363 e. The molecule has 0 aliphatic heterocycles. The standard InChI is InChI=1S/C11H15N5O/c1-7(2)9-4-10(14-6-13-9)12-5-11-15-8(3)17-16-11/h4,6-7H,5H2,1-3H3,(H,12,13,14). The van der Waals surface area contributed by atoms with E-state index in [-0.39, 0.29) is 0 Å². The lowest BCUT2D eigenvalue weighted by Gasteiger charge is -2.06. The van der Waals surface area contributed by atoms with Crippen LogP contribution in [-0.4, -0.2) is 20.1 Å². The first-order valence-corrected chi connectivity index (χ1v) is 5.50. The number of hydrogen-bond acceptors (Lipinski definition) is 6. The molecular weight excluding hydrogens is 218 g/mol. The first-order chi connectivity index (χ1) is 8.15. The second kappa shape index (κ2) is 4.90. The lowest BCUT2D eigenvalue weighted by Crippen LogP contribution is -2.04. The van der Waals surface area contributed by atoms with Crippen LogP contribution in [0.5, 0.6) is 0 Å². The van der Waals surface area contributed by atoms with E-state index in [1.54, 1.807) is 13.3 Å². The zero-order valence-corrected chi connectivity index (χ0v) is 10.1. The van der Waals surface area contributed by atoms with E-state index >= 15 is 0 Å². The van der Waals surface area contributed by atoms with Gasteiger partial charge in [0.15, 0.2) is 5.82 Å². The third-order valence-electron chi connectivity index (χ3n) is 2.28. The van der Waals surface area contributed by atoms with E-state index in [9.17, 15) is 0 Å². The predicted octanol–water partition coefficient (Wildman–Crippen LogP) is 1.90. The predicted molar refractivity (Wildman–Crippen MR) is 62.5 cm³/mol. The first-order valence-electron chi connectivity index (χ1n) is 5.50. The van der Waals surface area contributed by atoms with Crippen LogP contribution in [0.2, 0.25) is 0 Å². The van der Waals surface area contributed by atoms with Gasteiger partial charge in [0.1, 0.15) is 12.1 Å². The average Bonchev–Trinajstić information content (AvgIpc) is 2.73. The smallest absolute Gasteiger partial charge is 0.223 e. The molecule has 2 heterocycles. The Hall–Kier alpha value is -1.98. The SMILES string of the molecule is Cc1nc(CNc2cc(C(C)C)ncn2)no1. The molecule has 0 fully saturated rings. The highest BCUT2D eigenvalue weighted by Gasteiger charge is 2.05. The second-order valence-corrected chi connectivity index (χ2v) is 4.07. The first kappa shape index (κ1) is 11.5. The molecule has 1 N–H and O–H groups in total. The van der Waals surface area contributed by atoms with Crippen LogP contribution < -0.4 is 5.32 Å². The zero-order valence-electron chi connectivity index (χ0n) is 10.1. The van der Waals surface area contributed by atoms with Gasteiger partial charge in [-0.15, -0.1) is 0 Å². The molecule has 2 aromatic rings. The quantitative estimate of drug-likeness (QED) is 0.869. The van der Waals surface area contributed by atoms with Crippen molar-refractivity contribution >= 4 is 5.82 Å². The summed E-state index contributed by atoms with van der Waals surface area (Å²) >= 11 is 0. The van der Waals surface area contributed by atoms with E-state index < -0.39 is 0 Å². The Labute approximate surface area is 99.5 Å². The van der Waals surface area contributed by atoms with Gasteiger partial charge in [0.2, 0.25) is 5.89 Å². The van der Waals surface area contributed by atoms with Crippen molar-refractivity contribution in [2.45, 2.75) is 33.2 Å². The van der Waals surface area contributed by atoms with Gasteiger partial charge in [0.25, 0.3) is 0 Å². The monoisotopic (exact) mass is 233 g/mol. The number of nitrogens with one attached hydrogen (secondary N) is 1. The van der Waals surface area contributed by atoms with Gasteiger partial charge in [-0.25, -0.2) is 9.97 Å². The lowest BCUT2D eigenvalue weighted by molar-refractivity contribution is 0.388. The number of hydrogen-bond donors (Lipinski definition) is 1. The normalized spacial score (nSPS) is 10.8. The molecule has 0 spiro atoms. The number of anilines is 1. The maximum atomic E-state index is 4.88. The van der Waals surface area contributed by atoms with E-state index in [4.69, 9.17) is 4.52 Å². The summed E-state index contributed by atoms with van der Waals surface area (Å²) in [5, 5.41) is 6.93. The van der Waals surface area contributed by atoms with Gasteiger partial charge < -0.3 is 9.84 Å². The summed E-state index contributed by atoms with van der Waals surface area (Å²) in [6.07, 6.45) is 1.55. The minimum absolute atomic E-state index is 0.381. The Balaban J connectivity index is 2.01. The van der Waals surface area contributed by atoms with Crippen molar-refractivity contribution in [3.63, 3.8) is 0 Å². The molecule has 0 atom stereocenters. The molecule has 6 heteroatoms. The van der Waals surface area contributed by atoms with Gasteiger partial charge in [-0.3, -0.25) is 0 Å². The van der Waals surface area contributed by atoms with Gasteiger partial charge in [0.05, 0.1) is 6.54 Å². The molecule has 2 rings (SSSR count). The van der Waals surface area contributed by atoms with Crippen LogP contribution >= 0.6 is 0 Å². The van der Waals surface area contributed by atoms with E-state index in [0.717, 1.165) is 11.5 Å². The van der Waals surface area contributed by atoms with Crippen molar-refractivity contribution in [1.29, 1.82) is 0 Å². The van der Waals surface area contributed by atoms with Crippen LogP contribution in [0.4, 0.5) is 5.82 Å². The topological polar surface area (TPSA) is 76.7 Å². The molecule has 2 aromatic heterocycles. The minimum atomic E-state index is 0.381. The molecule has 0 saturated carbocycles. The van der Waals surface area contributed by atoms with Crippen LogP contribution in [0.15, 0.2) is 16.9 Å². The molecule has 0 unspecified atom stereocenters. The zero-order chi connectivity index (χ0) is 12.3. The Bertz CT molecular complexity index is 494. The Kier molecular flexibility index (Phi) is 3.32. The highest BCUT2D eigenvalue weighted by Crippen LogP contribution is 2.13. The van der Waals surface area contributed by atoms with Crippen LogP contribution in [-0.2, 0) is 6.54 Å². The van der Waals surface area contributed by atoms with Crippen LogP contribution in [0, 0.1) is 6.92 Å². The van der Waals surface area contributed by atoms with Crippen molar-refractivity contribution in [3.8, 4) is 0 Å². The second-order valence-electron chi connectivity index (χ2n) is 4.07. The largest absolute Gasteiger partial charge is 0.363 e. The van der Waals surface area contributed by atoms with Crippen molar-refractivity contribution in [1.82, 2.24) is 20.1 Å². The van der Waals surface area contributed by atoms with E-state index in [1.165, 1.54) is 0 Å². The summed E-state index contributed by atoms with van der Waals surface area (Å²) in [5.74, 6) is 2.33.